The summed E-state index contributed by atoms with van der Waals surface area (Å²) in [5.41, 5.74) is 3.88. The third-order valence-corrected chi connectivity index (χ3v) is 5.70. The van der Waals surface area contributed by atoms with Gasteiger partial charge in [0.05, 0.1) is 0 Å². The van der Waals surface area contributed by atoms with E-state index in [4.69, 9.17) is 0 Å². The summed E-state index contributed by atoms with van der Waals surface area (Å²) in [5.74, 6) is -0.438. The van der Waals surface area contributed by atoms with Gasteiger partial charge in [0.1, 0.15) is 5.41 Å². The summed E-state index contributed by atoms with van der Waals surface area (Å²) in [6.07, 6.45) is 3.63. The van der Waals surface area contributed by atoms with Crippen LogP contribution in [0.5, 0.6) is 0 Å². The molecule has 2 N–H and O–H groups in total. The molecule has 1 aliphatic carbocycles. The lowest BCUT2D eigenvalue weighted by atomic mass is 10.0. The van der Waals surface area contributed by atoms with Gasteiger partial charge in [-0.15, -0.1) is 0 Å². The fourth-order valence-electron chi connectivity index (χ4n) is 3.96. The first kappa shape index (κ1) is 18.5. The van der Waals surface area contributed by atoms with Crippen molar-refractivity contribution in [3.05, 3.63) is 53.6 Å². The summed E-state index contributed by atoms with van der Waals surface area (Å²) in [5, 5.41) is 5.87. The van der Waals surface area contributed by atoms with Gasteiger partial charge in [0, 0.05) is 30.2 Å². The summed E-state index contributed by atoms with van der Waals surface area (Å²) < 4.78 is 0. The number of amides is 2. The van der Waals surface area contributed by atoms with Gasteiger partial charge in [-0.25, -0.2) is 0 Å². The largest absolute Gasteiger partial charge is 0.372 e. The molecule has 28 heavy (non-hydrogen) atoms. The lowest BCUT2D eigenvalue weighted by Gasteiger charge is -2.19. The molecule has 0 bridgehead atoms. The molecule has 5 nitrogen and oxygen atoms in total. The van der Waals surface area contributed by atoms with E-state index in [0.717, 1.165) is 35.6 Å². The Morgan fingerprint density at radius 3 is 1.89 bits per heavy atom. The first-order valence-corrected chi connectivity index (χ1v) is 10.0. The summed E-state index contributed by atoms with van der Waals surface area (Å²) in [4.78, 5) is 28.0. The van der Waals surface area contributed by atoms with Crippen LogP contribution in [0.15, 0.2) is 42.5 Å². The molecule has 1 saturated heterocycles. The fourth-order valence-corrected chi connectivity index (χ4v) is 3.96. The molecule has 4 rings (SSSR count). The van der Waals surface area contributed by atoms with Crippen LogP contribution in [-0.4, -0.2) is 24.9 Å². The molecule has 2 aliphatic rings. The Morgan fingerprint density at radius 2 is 1.36 bits per heavy atom. The summed E-state index contributed by atoms with van der Waals surface area (Å²) >= 11 is 0. The van der Waals surface area contributed by atoms with Gasteiger partial charge in [0.25, 0.3) is 0 Å². The van der Waals surface area contributed by atoms with E-state index in [1.54, 1.807) is 0 Å². The van der Waals surface area contributed by atoms with Crippen molar-refractivity contribution in [3.63, 3.8) is 0 Å². The number of nitrogens with one attached hydrogen (secondary N) is 2. The maximum absolute atomic E-state index is 12.8. The Bertz CT molecular complexity index is 874. The molecule has 2 amide bonds. The van der Waals surface area contributed by atoms with Crippen LogP contribution >= 0.6 is 0 Å². The van der Waals surface area contributed by atoms with Gasteiger partial charge < -0.3 is 15.5 Å². The highest BCUT2D eigenvalue weighted by Gasteiger charge is 2.56. The normalized spacial score (nSPS) is 17.3. The SMILES string of the molecule is Cc1cc(C)cc(NC(=O)C2(C(=O)Nc3ccc(N4CCCC4)cc3)CC2)c1. The average Bonchev–Trinajstić information content (AvgIpc) is 3.29. The zero-order chi connectivity index (χ0) is 19.7. The fraction of sp³-hybridized carbons (Fsp3) is 0.391. The first-order valence-electron chi connectivity index (χ1n) is 10.0. The van der Waals surface area contributed by atoms with Gasteiger partial charge in [-0.1, -0.05) is 6.07 Å². The van der Waals surface area contributed by atoms with E-state index in [0.29, 0.717) is 12.8 Å². The second-order valence-corrected chi connectivity index (χ2v) is 8.11. The molecule has 2 fully saturated rings. The van der Waals surface area contributed by atoms with E-state index in [-0.39, 0.29) is 11.8 Å². The van der Waals surface area contributed by atoms with Crippen LogP contribution in [0.2, 0.25) is 0 Å². The molecule has 146 valence electrons. The van der Waals surface area contributed by atoms with Gasteiger partial charge in [-0.2, -0.15) is 0 Å². The minimum absolute atomic E-state index is 0.219. The van der Waals surface area contributed by atoms with Crippen molar-refractivity contribution in [2.24, 2.45) is 5.41 Å². The lowest BCUT2D eigenvalue weighted by Crippen LogP contribution is -2.35. The minimum atomic E-state index is -0.953. The Kier molecular flexibility index (Phi) is 4.84. The van der Waals surface area contributed by atoms with Gasteiger partial charge in [0.15, 0.2) is 0 Å². The van der Waals surface area contributed by atoms with Crippen LogP contribution in [0.3, 0.4) is 0 Å². The number of rotatable bonds is 5. The predicted molar refractivity (Wildman–Crippen MR) is 113 cm³/mol. The van der Waals surface area contributed by atoms with Crippen molar-refractivity contribution in [1.29, 1.82) is 0 Å². The van der Waals surface area contributed by atoms with Crippen molar-refractivity contribution in [2.45, 2.75) is 39.5 Å². The average molecular weight is 377 g/mol. The third-order valence-electron chi connectivity index (χ3n) is 5.70. The van der Waals surface area contributed by atoms with Crippen molar-refractivity contribution in [3.8, 4) is 0 Å². The second kappa shape index (κ2) is 7.30. The third kappa shape index (κ3) is 3.75. The van der Waals surface area contributed by atoms with E-state index in [1.807, 2.05) is 50.2 Å². The van der Waals surface area contributed by atoms with Crippen molar-refractivity contribution >= 4 is 28.9 Å². The lowest BCUT2D eigenvalue weighted by molar-refractivity contribution is -0.131. The second-order valence-electron chi connectivity index (χ2n) is 8.11. The van der Waals surface area contributed by atoms with E-state index in [1.165, 1.54) is 18.5 Å². The van der Waals surface area contributed by atoms with Crippen LogP contribution < -0.4 is 15.5 Å². The topological polar surface area (TPSA) is 61.4 Å². The zero-order valence-electron chi connectivity index (χ0n) is 16.5. The van der Waals surface area contributed by atoms with Crippen LogP contribution in [-0.2, 0) is 9.59 Å². The molecule has 1 heterocycles. The number of hydrogen-bond acceptors (Lipinski definition) is 3. The van der Waals surface area contributed by atoms with Crippen molar-refractivity contribution in [2.75, 3.05) is 28.6 Å². The summed E-state index contributed by atoms with van der Waals surface area (Å²) in [7, 11) is 0. The number of carbonyl (C=O) groups is 2. The monoisotopic (exact) mass is 377 g/mol. The number of hydrogen-bond donors (Lipinski definition) is 2. The number of carbonyl (C=O) groups excluding carboxylic acids is 2. The first-order chi connectivity index (χ1) is 13.5. The van der Waals surface area contributed by atoms with Crippen LogP contribution in [0, 0.1) is 19.3 Å². The maximum Gasteiger partial charge on any atom is 0.240 e. The smallest absolute Gasteiger partial charge is 0.240 e. The van der Waals surface area contributed by atoms with E-state index in [9.17, 15) is 9.59 Å². The standard InChI is InChI=1S/C23H27N3O2/c1-16-13-17(2)15-19(14-16)25-22(28)23(9-10-23)21(27)24-18-5-7-20(8-6-18)26-11-3-4-12-26/h5-8,13-15H,3-4,9-12H2,1-2H3,(H,24,27)(H,25,28). The maximum atomic E-state index is 12.8. The Morgan fingerprint density at radius 1 is 0.821 bits per heavy atom. The number of nitrogens with zero attached hydrogens (tertiary/aromatic N) is 1. The minimum Gasteiger partial charge on any atom is -0.372 e. The number of benzene rings is 2. The highest BCUT2D eigenvalue weighted by Crippen LogP contribution is 2.47. The Hall–Kier alpha value is -2.82. The molecule has 0 atom stereocenters. The van der Waals surface area contributed by atoms with Gasteiger partial charge in [-0.3, -0.25) is 9.59 Å². The quantitative estimate of drug-likeness (QED) is 0.766. The van der Waals surface area contributed by atoms with Gasteiger partial charge in [0.2, 0.25) is 11.8 Å². The van der Waals surface area contributed by atoms with E-state index >= 15 is 0 Å². The van der Waals surface area contributed by atoms with Crippen LogP contribution in [0.1, 0.15) is 36.8 Å². The number of anilines is 3. The highest BCUT2D eigenvalue weighted by atomic mass is 16.2. The Labute approximate surface area is 166 Å². The Balaban J connectivity index is 1.41. The molecule has 0 spiro atoms. The molecule has 1 saturated carbocycles. The van der Waals surface area contributed by atoms with Gasteiger partial charge in [-0.05, 0) is 87.1 Å². The van der Waals surface area contributed by atoms with Crippen LogP contribution in [0.25, 0.3) is 0 Å². The van der Waals surface area contributed by atoms with E-state index < -0.39 is 5.41 Å². The molecule has 1 aliphatic heterocycles. The summed E-state index contributed by atoms with van der Waals surface area (Å²) in [6, 6.07) is 13.8. The zero-order valence-corrected chi connectivity index (χ0v) is 16.5. The predicted octanol–water partition coefficient (Wildman–Crippen LogP) is 4.26. The molecule has 0 unspecified atom stereocenters. The molecule has 5 heteroatoms. The molecular weight excluding hydrogens is 350 g/mol. The molecule has 2 aromatic rings. The van der Waals surface area contributed by atoms with E-state index in [2.05, 4.69) is 21.6 Å². The van der Waals surface area contributed by atoms with Crippen molar-refractivity contribution < 1.29 is 9.59 Å². The van der Waals surface area contributed by atoms with Gasteiger partial charge >= 0.3 is 0 Å². The molecular formula is C23H27N3O2. The molecule has 0 radical (unpaired) electrons. The molecule has 0 aromatic heterocycles. The van der Waals surface area contributed by atoms with Crippen LogP contribution in [0.4, 0.5) is 17.1 Å². The summed E-state index contributed by atoms with van der Waals surface area (Å²) in [6.45, 7) is 6.17. The molecule has 2 aromatic carbocycles. The highest BCUT2D eigenvalue weighted by molar-refractivity contribution is 6.16. The van der Waals surface area contributed by atoms with Crippen molar-refractivity contribution in [1.82, 2.24) is 0 Å². The number of aryl methyl sites for hydroxylation is 2.